The van der Waals surface area contributed by atoms with E-state index in [1.165, 1.54) is 43.5 Å². The van der Waals surface area contributed by atoms with E-state index in [2.05, 4.69) is 5.32 Å². The van der Waals surface area contributed by atoms with Gasteiger partial charge >= 0.3 is 0 Å². The van der Waals surface area contributed by atoms with Crippen LogP contribution >= 0.6 is 34.8 Å². The number of benzene rings is 2. The van der Waals surface area contributed by atoms with Gasteiger partial charge in [0.2, 0.25) is 15.9 Å². The van der Waals surface area contributed by atoms with E-state index < -0.39 is 15.9 Å². The van der Waals surface area contributed by atoms with Crippen molar-refractivity contribution in [2.45, 2.75) is 11.8 Å². The molecule has 0 aromatic heterocycles. The molecule has 27 heavy (non-hydrogen) atoms. The number of carbonyl (C=O) groups excluding carboxylic acids is 1. The zero-order valence-corrected chi connectivity index (χ0v) is 17.6. The van der Waals surface area contributed by atoms with E-state index in [0.717, 1.165) is 4.31 Å². The van der Waals surface area contributed by atoms with Crippen molar-refractivity contribution < 1.29 is 17.9 Å². The smallest absolute Gasteiger partial charge is 0.243 e. The molecular weight excluding hydrogens is 435 g/mol. The highest BCUT2D eigenvalue weighted by atomic mass is 35.5. The minimum atomic E-state index is -3.92. The number of hydrogen-bond donors (Lipinski definition) is 1. The first-order valence-corrected chi connectivity index (χ1v) is 10.3. The fourth-order valence-corrected chi connectivity index (χ4v) is 4.59. The largest absolute Gasteiger partial charge is 0.495 e. The molecule has 0 unspecified atom stereocenters. The molecule has 2 aromatic carbocycles. The maximum atomic E-state index is 12.8. The zero-order chi connectivity index (χ0) is 20.2. The Morgan fingerprint density at radius 2 is 1.74 bits per heavy atom. The monoisotopic (exact) mass is 450 g/mol. The lowest BCUT2D eigenvalue weighted by Gasteiger charge is -2.20. The molecule has 2 aromatic rings. The van der Waals surface area contributed by atoms with Gasteiger partial charge in [0.25, 0.3) is 0 Å². The van der Waals surface area contributed by atoms with Gasteiger partial charge in [-0.1, -0.05) is 41.7 Å². The van der Waals surface area contributed by atoms with Crippen LogP contribution in [0.2, 0.25) is 15.1 Å². The summed E-state index contributed by atoms with van der Waals surface area (Å²) >= 11 is 17.8. The van der Waals surface area contributed by atoms with Crippen LogP contribution in [0.15, 0.2) is 41.3 Å². The van der Waals surface area contributed by atoms with Crippen LogP contribution in [0, 0.1) is 0 Å². The van der Waals surface area contributed by atoms with Gasteiger partial charge in [-0.15, -0.1) is 0 Å². The highest BCUT2D eigenvalue weighted by Gasteiger charge is 2.26. The van der Waals surface area contributed by atoms with Crippen LogP contribution in [0.25, 0.3) is 0 Å². The summed E-state index contributed by atoms with van der Waals surface area (Å²) in [5.74, 6) is -0.174. The quantitative estimate of drug-likeness (QED) is 0.681. The molecule has 0 heterocycles. The Kier molecular flexibility index (Phi) is 7.36. The first-order valence-electron chi connectivity index (χ1n) is 7.77. The van der Waals surface area contributed by atoms with E-state index >= 15 is 0 Å². The molecule has 0 aliphatic heterocycles. The second-order valence-electron chi connectivity index (χ2n) is 5.43. The maximum Gasteiger partial charge on any atom is 0.243 e. The number of rotatable bonds is 7. The summed E-state index contributed by atoms with van der Waals surface area (Å²) in [6.45, 7) is 1.34. The fourth-order valence-electron chi connectivity index (χ4n) is 2.31. The predicted octanol–water partition coefficient (Wildman–Crippen LogP) is 4.30. The van der Waals surface area contributed by atoms with Crippen LogP contribution in [0.3, 0.4) is 0 Å². The van der Waals surface area contributed by atoms with Gasteiger partial charge in [0, 0.05) is 22.3 Å². The average Bonchev–Trinajstić information content (AvgIpc) is 2.58. The second-order valence-corrected chi connectivity index (χ2v) is 8.65. The van der Waals surface area contributed by atoms with E-state index in [0.29, 0.717) is 21.5 Å². The van der Waals surface area contributed by atoms with Gasteiger partial charge in [0.15, 0.2) is 0 Å². The third kappa shape index (κ3) is 5.49. The predicted molar refractivity (Wildman–Crippen MR) is 108 cm³/mol. The minimum absolute atomic E-state index is 0.0336. The highest BCUT2D eigenvalue weighted by molar-refractivity contribution is 7.89. The number of halogens is 3. The van der Waals surface area contributed by atoms with E-state index in [9.17, 15) is 13.2 Å². The van der Waals surface area contributed by atoms with Crippen molar-refractivity contribution >= 4 is 56.4 Å². The standard InChI is InChI=1S/C17H17Cl3N2O4S/c1-3-22(10-17(23)21-13-7-11(18)6-12(19)8-13)27(24,25)14-4-5-16(26-2)15(20)9-14/h4-9H,3,10H2,1-2H3,(H,21,23). The molecule has 1 N–H and O–H groups in total. The second kappa shape index (κ2) is 9.12. The van der Waals surface area contributed by atoms with Gasteiger partial charge in [-0.25, -0.2) is 8.42 Å². The molecule has 146 valence electrons. The number of nitrogens with zero attached hydrogens (tertiary/aromatic N) is 1. The van der Waals surface area contributed by atoms with Crippen molar-refractivity contribution in [3.8, 4) is 5.75 Å². The lowest BCUT2D eigenvalue weighted by atomic mass is 10.3. The number of nitrogens with one attached hydrogen (secondary N) is 1. The SMILES string of the molecule is CCN(CC(=O)Nc1cc(Cl)cc(Cl)c1)S(=O)(=O)c1ccc(OC)c(Cl)c1. The first-order chi connectivity index (χ1) is 12.7. The van der Waals surface area contributed by atoms with Gasteiger partial charge in [0.1, 0.15) is 5.75 Å². The third-order valence-electron chi connectivity index (χ3n) is 3.58. The van der Waals surface area contributed by atoms with Crippen LogP contribution in [0.1, 0.15) is 6.92 Å². The molecule has 10 heteroatoms. The number of hydrogen-bond acceptors (Lipinski definition) is 4. The topological polar surface area (TPSA) is 75.7 Å². The molecule has 0 spiro atoms. The first kappa shape index (κ1) is 21.8. The molecule has 2 rings (SSSR count). The van der Waals surface area contributed by atoms with Gasteiger partial charge in [-0.2, -0.15) is 4.31 Å². The summed E-state index contributed by atoms with van der Waals surface area (Å²) in [4.78, 5) is 12.3. The van der Waals surface area contributed by atoms with Crippen LogP contribution in [0.4, 0.5) is 5.69 Å². The third-order valence-corrected chi connectivity index (χ3v) is 6.23. The Balaban J connectivity index is 2.19. The lowest BCUT2D eigenvalue weighted by Crippen LogP contribution is -2.37. The molecule has 0 saturated carbocycles. The molecule has 0 aliphatic carbocycles. The number of amides is 1. The Hall–Kier alpha value is -1.51. The Morgan fingerprint density at radius 3 is 2.26 bits per heavy atom. The molecule has 6 nitrogen and oxygen atoms in total. The van der Waals surface area contributed by atoms with Gasteiger partial charge in [-0.05, 0) is 36.4 Å². The number of sulfonamides is 1. The molecule has 1 amide bonds. The van der Waals surface area contributed by atoms with Gasteiger partial charge in [0.05, 0.1) is 23.6 Å². The van der Waals surface area contributed by atoms with Crippen molar-refractivity contribution in [3.63, 3.8) is 0 Å². The summed E-state index contributed by atoms with van der Waals surface area (Å²) in [7, 11) is -2.49. The number of anilines is 1. The molecule has 0 aliphatic rings. The van der Waals surface area contributed by atoms with Crippen LogP contribution in [-0.4, -0.2) is 38.8 Å². The molecule has 0 saturated heterocycles. The number of methoxy groups -OCH3 is 1. The van der Waals surface area contributed by atoms with Crippen molar-refractivity contribution in [1.82, 2.24) is 4.31 Å². The summed E-state index contributed by atoms with van der Waals surface area (Å²) in [6, 6.07) is 8.66. The summed E-state index contributed by atoms with van der Waals surface area (Å²) in [5.41, 5.74) is 0.374. The Labute approximate surface area is 173 Å². The van der Waals surface area contributed by atoms with Crippen LogP contribution < -0.4 is 10.1 Å². The maximum absolute atomic E-state index is 12.8. The van der Waals surface area contributed by atoms with Crippen LogP contribution in [0.5, 0.6) is 5.75 Å². The van der Waals surface area contributed by atoms with Crippen molar-refractivity contribution in [1.29, 1.82) is 0 Å². The molecule has 0 fully saturated rings. The minimum Gasteiger partial charge on any atom is -0.495 e. The van der Waals surface area contributed by atoms with Gasteiger partial charge < -0.3 is 10.1 Å². The number of likely N-dealkylation sites (N-methyl/N-ethyl adjacent to an activating group) is 1. The van der Waals surface area contributed by atoms with E-state index in [1.54, 1.807) is 6.92 Å². The number of carbonyl (C=O) groups is 1. The normalized spacial score (nSPS) is 11.5. The van der Waals surface area contributed by atoms with Crippen molar-refractivity contribution in [2.24, 2.45) is 0 Å². The highest BCUT2D eigenvalue weighted by Crippen LogP contribution is 2.28. The summed E-state index contributed by atoms with van der Waals surface area (Å²) < 4.78 is 31.7. The van der Waals surface area contributed by atoms with E-state index in [4.69, 9.17) is 39.5 Å². The van der Waals surface area contributed by atoms with Crippen molar-refractivity contribution in [2.75, 3.05) is 25.5 Å². The van der Waals surface area contributed by atoms with E-state index in [1.807, 2.05) is 0 Å². The van der Waals surface area contributed by atoms with Gasteiger partial charge in [-0.3, -0.25) is 4.79 Å². The fraction of sp³-hybridized carbons (Fsp3) is 0.235. The molecule has 0 bridgehead atoms. The van der Waals surface area contributed by atoms with Crippen molar-refractivity contribution in [3.05, 3.63) is 51.5 Å². The Morgan fingerprint density at radius 1 is 1.11 bits per heavy atom. The molecular formula is C17H17Cl3N2O4S. The summed E-state index contributed by atoms with van der Waals surface area (Å²) in [6.07, 6.45) is 0. The Bertz CT molecular complexity index is 931. The molecule has 0 radical (unpaired) electrons. The van der Waals surface area contributed by atoms with Crippen LogP contribution in [-0.2, 0) is 14.8 Å². The average molecular weight is 452 g/mol. The molecule has 0 atom stereocenters. The number of ether oxygens (including phenoxy) is 1. The summed E-state index contributed by atoms with van der Waals surface area (Å²) in [5, 5.41) is 3.45. The van der Waals surface area contributed by atoms with E-state index in [-0.39, 0.29) is 23.0 Å². The zero-order valence-electron chi connectivity index (χ0n) is 14.5. The lowest BCUT2D eigenvalue weighted by molar-refractivity contribution is -0.116.